The maximum Gasteiger partial charge on any atom is 0.230 e. The van der Waals surface area contributed by atoms with Crippen LogP contribution >= 0.6 is 0 Å². The molecule has 1 N–H and O–H groups in total. The SMILES string of the molecule is O=C(Cc1cc(-c2ccccc2F)on1)Nc1ccc(F)c(F)c1. The molecule has 0 saturated carbocycles. The lowest BCUT2D eigenvalue weighted by Gasteiger charge is -2.04. The number of hydrogen-bond donors (Lipinski definition) is 1. The molecule has 0 spiro atoms. The molecular weight excluding hydrogens is 321 g/mol. The summed E-state index contributed by atoms with van der Waals surface area (Å²) in [6.07, 6.45) is -0.156. The van der Waals surface area contributed by atoms with Crippen molar-refractivity contribution < 1.29 is 22.5 Å². The fourth-order valence-electron chi connectivity index (χ4n) is 2.13. The lowest BCUT2D eigenvalue weighted by molar-refractivity contribution is -0.115. The van der Waals surface area contributed by atoms with Gasteiger partial charge in [-0.05, 0) is 24.3 Å². The lowest BCUT2D eigenvalue weighted by Crippen LogP contribution is -2.14. The third kappa shape index (κ3) is 3.45. The number of aromatic nitrogens is 1. The van der Waals surface area contributed by atoms with Gasteiger partial charge in [-0.25, -0.2) is 13.2 Å². The van der Waals surface area contributed by atoms with E-state index in [0.29, 0.717) is 0 Å². The molecule has 7 heteroatoms. The quantitative estimate of drug-likeness (QED) is 0.787. The molecule has 122 valence electrons. The molecule has 1 amide bonds. The zero-order valence-electron chi connectivity index (χ0n) is 12.2. The molecule has 0 aliphatic heterocycles. The molecule has 0 aliphatic rings. The topological polar surface area (TPSA) is 55.1 Å². The number of hydrogen-bond acceptors (Lipinski definition) is 3. The smallest absolute Gasteiger partial charge is 0.230 e. The molecular formula is C17H11F3N2O2. The summed E-state index contributed by atoms with van der Waals surface area (Å²) in [7, 11) is 0. The van der Waals surface area contributed by atoms with Crippen molar-refractivity contribution in [1.82, 2.24) is 5.16 Å². The van der Waals surface area contributed by atoms with Crippen LogP contribution in [0.1, 0.15) is 5.69 Å². The van der Waals surface area contributed by atoms with E-state index in [9.17, 15) is 18.0 Å². The summed E-state index contributed by atoms with van der Waals surface area (Å²) in [5.41, 5.74) is 0.641. The second-order valence-electron chi connectivity index (χ2n) is 5.02. The molecule has 0 radical (unpaired) electrons. The van der Waals surface area contributed by atoms with Crippen LogP contribution in [-0.2, 0) is 11.2 Å². The number of carbonyl (C=O) groups excluding carboxylic acids is 1. The third-order valence-corrected chi connectivity index (χ3v) is 3.24. The van der Waals surface area contributed by atoms with Crippen LogP contribution in [-0.4, -0.2) is 11.1 Å². The van der Waals surface area contributed by atoms with E-state index in [-0.39, 0.29) is 29.1 Å². The van der Waals surface area contributed by atoms with Gasteiger partial charge in [0.2, 0.25) is 5.91 Å². The highest BCUT2D eigenvalue weighted by Crippen LogP contribution is 2.23. The molecule has 0 bridgehead atoms. The van der Waals surface area contributed by atoms with E-state index in [1.807, 2.05) is 0 Å². The summed E-state index contributed by atoms with van der Waals surface area (Å²) in [6, 6.07) is 10.5. The Morgan fingerprint density at radius 1 is 1.00 bits per heavy atom. The minimum atomic E-state index is -1.06. The van der Waals surface area contributed by atoms with Crippen LogP contribution in [0, 0.1) is 17.5 Å². The first kappa shape index (κ1) is 15.8. The van der Waals surface area contributed by atoms with E-state index in [2.05, 4.69) is 10.5 Å². The molecule has 4 nitrogen and oxygen atoms in total. The van der Waals surface area contributed by atoms with Crippen LogP contribution in [0.15, 0.2) is 53.1 Å². The van der Waals surface area contributed by atoms with Crippen LogP contribution in [0.4, 0.5) is 18.9 Å². The van der Waals surface area contributed by atoms with Gasteiger partial charge in [0.1, 0.15) is 5.82 Å². The monoisotopic (exact) mass is 332 g/mol. The van der Waals surface area contributed by atoms with Gasteiger partial charge in [-0.15, -0.1) is 0 Å². The average molecular weight is 332 g/mol. The lowest BCUT2D eigenvalue weighted by atomic mass is 10.1. The fraction of sp³-hybridized carbons (Fsp3) is 0.0588. The van der Waals surface area contributed by atoms with Crippen LogP contribution in [0.5, 0.6) is 0 Å². The van der Waals surface area contributed by atoms with Gasteiger partial charge in [-0.1, -0.05) is 17.3 Å². The zero-order chi connectivity index (χ0) is 17.1. The van der Waals surface area contributed by atoms with Gasteiger partial charge in [0.25, 0.3) is 0 Å². The standard InChI is InChI=1S/C17H11F3N2O2/c18-13-4-2-1-3-12(13)16-8-11(22-24-16)9-17(23)21-10-5-6-14(19)15(20)7-10/h1-8H,9H2,(H,21,23). The number of carbonyl (C=O) groups is 1. The molecule has 0 atom stereocenters. The Morgan fingerprint density at radius 3 is 2.54 bits per heavy atom. The molecule has 2 aromatic carbocycles. The van der Waals surface area contributed by atoms with Crippen molar-refractivity contribution in [3.05, 3.63) is 71.7 Å². The minimum Gasteiger partial charge on any atom is -0.356 e. The van der Waals surface area contributed by atoms with Gasteiger partial charge in [0.15, 0.2) is 17.4 Å². The molecule has 24 heavy (non-hydrogen) atoms. The van der Waals surface area contributed by atoms with E-state index in [0.717, 1.165) is 12.1 Å². The predicted molar refractivity (Wildman–Crippen MR) is 80.6 cm³/mol. The predicted octanol–water partition coefficient (Wildman–Crippen LogP) is 3.94. The van der Waals surface area contributed by atoms with Crippen molar-refractivity contribution in [3.8, 4) is 11.3 Å². The molecule has 0 saturated heterocycles. The number of amides is 1. The number of nitrogens with zero attached hydrogens (tertiary/aromatic N) is 1. The number of rotatable bonds is 4. The summed E-state index contributed by atoms with van der Waals surface area (Å²) in [6.45, 7) is 0. The number of halogens is 3. The van der Waals surface area contributed by atoms with Crippen molar-refractivity contribution in [3.63, 3.8) is 0 Å². The first-order valence-corrected chi connectivity index (χ1v) is 6.98. The first-order valence-electron chi connectivity index (χ1n) is 6.98. The summed E-state index contributed by atoms with van der Waals surface area (Å²) in [5, 5.41) is 6.13. The minimum absolute atomic E-state index is 0.122. The summed E-state index contributed by atoms with van der Waals surface area (Å²) >= 11 is 0. The molecule has 0 fully saturated rings. The summed E-state index contributed by atoms with van der Waals surface area (Å²) in [5.74, 6) is -2.82. The Balaban J connectivity index is 1.69. The van der Waals surface area contributed by atoms with Crippen molar-refractivity contribution in [2.45, 2.75) is 6.42 Å². The highest BCUT2D eigenvalue weighted by atomic mass is 19.2. The Kier molecular flexibility index (Phi) is 4.33. The van der Waals surface area contributed by atoms with Gasteiger partial charge in [0, 0.05) is 17.8 Å². The number of nitrogens with one attached hydrogen (secondary N) is 1. The van der Waals surface area contributed by atoms with E-state index in [4.69, 9.17) is 4.52 Å². The Bertz CT molecular complexity index is 893. The molecule has 1 heterocycles. The van der Waals surface area contributed by atoms with Crippen molar-refractivity contribution in [2.24, 2.45) is 0 Å². The van der Waals surface area contributed by atoms with Crippen LogP contribution in [0.3, 0.4) is 0 Å². The second-order valence-corrected chi connectivity index (χ2v) is 5.02. The second kappa shape index (κ2) is 6.57. The van der Waals surface area contributed by atoms with E-state index in [1.165, 1.54) is 24.3 Å². The highest BCUT2D eigenvalue weighted by Gasteiger charge is 2.14. The van der Waals surface area contributed by atoms with Gasteiger partial charge < -0.3 is 9.84 Å². The zero-order valence-corrected chi connectivity index (χ0v) is 12.2. The third-order valence-electron chi connectivity index (χ3n) is 3.24. The van der Waals surface area contributed by atoms with Crippen molar-refractivity contribution in [2.75, 3.05) is 5.32 Å². The van der Waals surface area contributed by atoms with Gasteiger partial charge in [0.05, 0.1) is 17.7 Å². The molecule has 3 rings (SSSR count). The van der Waals surface area contributed by atoms with Gasteiger partial charge in [-0.2, -0.15) is 0 Å². The van der Waals surface area contributed by atoms with Gasteiger partial charge >= 0.3 is 0 Å². The molecule has 1 aromatic heterocycles. The molecule has 0 unspecified atom stereocenters. The van der Waals surface area contributed by atoms with Crippen molar-refractivity contribution in [1.29, 1.82) is 0 Å². The molecule has 0 aliphatic carbocycles. The van der Waals surface area contributed by atoms with E-state index < -0.39 is 23.4 Å². The number of anilines is 1. The Hall–Kier alpha value is -3.09. The van der Waals surface area contributed by atoms with Crippen LogP contribution in [0.25, 0.3) is 11.3 Å². The highest BCUT2D eigenvalue weighted by molar-refractivity contribution is 5.92. The van der Waals surface area contributed by atoms with Crippen LogP contribution in [0.2, 0.25) is 0 Å². The fourth-order valence-corrected chi connectivity index (χ4v) is 2.13. The Morgan fingerprint density at radius 2 is 1.79 bits per heavy atom. The maximum atomic E-state index is 13.7. The van der Waals surface area contributed by atoms with Gasteiger partial charge in [-0.3, -0.25) is 4.79 Å². The summed E-state index contributed by atoms with van der Waals surface area (Å²) in [4.78, 5) is 11.9. The average Bonchev–Trinajstić information content (AvgIpc) is 2.99. The maximum absolute atomic E-state index is 13.7. The Labute approximate surface area is 134 Å². The first-order chi connectivity index (χ1) is 11.5. The van der Waals surface area contributed by atoms with Crippen LogP contribution < -0.4 is 5.32 Å². The normalized spacial score (nSPS) is 10.6. The molecule has 3 aromatic rings. The largest absolute Gasteiger partial charge is 0.356 e. The number of benzene rings is 2. The van der Waals surface area contributed by atoms with E-state index in [1.54, 1.807) is 12.1 Å². The van der Waals surface area contributed by atoms with E-state index >= 15 is 0 Å². The summed E-state index contributed by atoms with van der Waals surface area (Å²) < 4.78 is 44.6. The van der Waals surface area contributed by atoms with Crippen molar-refractivity contribution >= 4 is 11.6 Å².